The molecule has 0 aliphatic carbocycles. The van der Waals surface area contributed by atoms with Gasteiger partial charge in [-0.15, -0.1) is 0 Å². The van der Waals surface area contributed by atoms with Gasteiger partial charge in [-0.1, -0.05) is 6.08 Å². The third kappa shape index (κ3) is 7.17. The highest BCUT2D eigenvalue weighted by atomic mass is 19.4. The Hall–Kier alpha value is -1.20. The summed E-state index contributed by atoms with van der Waals surface area (Å²) in [7, 11) is 0. The summed E-state index contributed by atoms with van der Waals surface area (Å²) in [4.78, 5) is 10.1. The number of hydrogen-bond donors (Lipinski definition) is 2. The Labute approximate surface area is 73.0 Å². The van der Waals surface area contributed by atoms with Crippen LogP contribution < -0.4 is 5.73 Å². The minimum absolute atomic E-state index is 0.0254. The zero-order chi connectivity index (χ0) is 10.5. The average molecular weight is 197 g/mol. The fraction of sp³-hybridized carbons (Fsp3) is 0.571. The number of rotatable bonds is 4. The molecule has 0 aliphatic heterocycles. The molecule has 0 aliphatic rings. The van der Waals surface area contributed by atoms with Crippen molar-refractivity contribution in [3.63, 3.8) is 0 Å². The molecule has 76 valence electrons. The van der Waals surface area contributed by atoms with Gasteiger partial charge in [-0.2, -0.15) is 13.2 Å². The summed E-state index contributed by atoms with van der Waals surface area (Å²) in [5, 5.41) is 8.23. The van der Waals surface area contributed by atoms with Gasteiger partial charge >= 0.3 is 12.1 Å². The SMILES string of the molecule is N/C(=C\CCCC(F)(F)F)C(=O)O. The molecule has 0 fully saturated rings. The fourth-order valence-electron chi connectivity index (χ4n) is 0.647. The van der Waals surface area contributed by atoms with Gasteiger partial charge in [-0.05, 0) is 12.8 Å². The molecule has 0 aromatic rings. The second-order valence-electron chi connectivity index (χ2n) is 2.47. The molecule has 3 nitrogen and oxygen atoms in total. The van der Waals surface area contributed by atoms with Crippen LogP contribution in [-0.4, -0.2) is 17.3 Å². The number of carboxylic acids is 1. The van der Waals surface area contributed by atoms with Crippen molar-refractivity contribution in [3.8, 4) is 0 Å². The molecule has 6 heteroatoms. The van der Waals surface area contributed by atoms with E-state index in [0.29, 0.717) is 0 Å². The summed E-state index contributed by atoms with van der Waals surface area (Å²) >= 11 is 0. The van der Waals surface area contributed by atoms with E-state index in [4.69, 9.17) is 10.8 Å². The summed E-state index contributed by atoms with van der Waals surface area (Å²) in [6.07, 6.45) is -4.15. The average Bonchev–Trinajstić information content (AvgIpc) is 1.95. The maximum absolute atomic E-state index is 11.6. The van der Waals surface area contributed by atoms with Gasteiger partial charge in [0, 0.05) is 6.42 Å². The lowest BCUT2D eigenvalue weighted by atomic mass is 10.2. The number of hydrogen-bond acceptors (Lipinski definition) is 2. The van der Waals surface area contributed by atoms with E-state index in [9.17, 15) is 18.0 Å². The van der Waals surface area contributed by atoms with Gasteiger partial charge in [0.05, 0.1) is 0 Å². The number of nitrogens with two attached hydrogens (primary N) is 1. The predicted molar refractivity (Wildman–Crippen MR) is 39.8 cm³/mol. The Morgan fingerprint density at radius 1 is 1.46 bits per heavy atom. The van der Waals surface area contributed by atoms with Crippen molar-refractivity contribution in [2.45, 2.75) is 25.4 Å². The van der Waals surface area contributed by atoms with Crippen molar-refractivity contribution in [1.82, 2.24) is 0 Å². The third-order valence-electron chi connectivity index (χ3n) is 1.28. The standard InChI is InChI=1S/C7H10F3NO2/c8-7(9,10)4-2-1-3-5(11)6(12)13/h3H,1-2,4,11H2,(H,12,13)/b5-3-. The van der Waals surface area contributed by atoms with Crippen molar-refractivity contribution in [1.29, 1.82) is 0 Å². The number of aliphatic carboxylic acids is 1. The molecule has 0 rings (SSSR count). The molecule has 0 radical (unpaired) electrons. The maximum Gasteiger partial charge on any atom is 0.389 e. The number of alkyl halides is 3. The normalized spacial score (nSPS) is 13.0. The Morgan fingerprint density at radius 3 is 2.38 bits per heavy atom. The molecule has 0 aromatic carbocycles. The fourth-order valence-corrected chi connectivity index (χ4v) is 0.647. The number of allylic oxidation sites excluding steroid dienone is 1. The number of carbonyl (C=O) groups is 1. The van der Waals surface area contributed by atoms with Crippen molar-refractivity contribution in [2.24, 2.45) is 5.73 Å². The van der Waals surface area contributed by atoms with Crippen LogP contribution in [0.1, 0.15) is 19.3 Å². The maximum atomic E-state index is 11.6. The monoisotopic (exact) mass is 197 g/mol. The minimum Gasteiger partial charge on any atom is -0.477 e. The minimum atomic E-state index is -4.19. The van der Waals surface area contributed by atoms with E-state index in [1.807, 2.05) is 0 Å². The first-order valence-electron chi connectivity index (χ1n) is 3.58. The summed E-state index contributed by atoms with van der Waals surface area (Å²) in [6.45, 7) is 0. The predicted octanol–water partition coefficient (Wildman–Crippen LogP) is 1.65. The number of carboxylic acid groups (broad SMARTS) is 1. The quantitative estimate of drug-likeness (QED) is 0.532. The van der Waals surface area contributed by atoms with Crippen LogP contribution in [0.15, 0.2) is 11.8 Å². The molecular formula is C7H10F3NO2. The largest absolute Gasteiger partial charge is 0.477 e. The number of halogens is 3. The van der Waals surface area contributed by atoms with E-state index in [0.717, 1.165) is 6.08 Å². The highest BCUT2D eigenvalue weighted by Crippen LogP contribution is 2.22. The summed E-state index contributed by atoms with van der Waals surface area (Å²) in [5.74, 6) is -1.31. The van der Waals surface area contributed by atoms with Crippen LogP contribution in [0.5, 0.6) is 0 Å². The smallest absolute Gasteiger partial charge is 0.389 e. The van der Waals surface area contributed by atoms with Gasteiger partial charge in [0.25, 0.3) is 0 Å². The Kier molecular flexibility index (Phi) is 4.30. The van der Waals surface area contributed by atoms with Crippen LogP contribution in [0.25, 0.3) is 0 Å². The lowest BCUT2D eigenvalue weighted by Gasteiger charge is -2.03. The molecule has 0 spiro atoms. The van der Waals surface area contributed by atoms with Gasteiger partial charge in [0.15, 0.2) is 0 Å². The van der Waals surface area contributed by atoms with Crippen LogP contribution in [0.3, 0.4) is 0 Å². The zero-order valence-electron chi connectivity index (χ0n) is 6.77. The van der Waals surface area contributed by atoms with E-state index < -0.39 is 24.3 Å². The molecule has 0 atom stereocenters. The van der Waals surface area contributed by atoms with Crippen LogP contribution >= 0.6 is 0 Å². The van der Waals surface area contributed by atoms with E-state index in [1.165, 1.54) is 0 Å². The van der Waals surface area contributed by atoms with Crippen molar-refractivity contribution in [3.05, 3.63) is 11.8 Å². The van der Waals surface area contributed by atoms with Crippen molar-refractivity contribution >= 4 is 5.97 Å². The van der Waals surface area contributed by atoms with Crippen molar-refractivity contribution < 1.29 is 23.1 Å². The molecule has 0 heterocycles. The summed E-state index contributed by atoms with van der Waals surface area (Å²) in [5.41, 5.74) is 4.53. The van der Waals surface area contributed by atoms with E-state index >= 15 is 0 Å². The molecule has 0 saturated carbocycles. The first kappa shape index (κ1) is 11.8. The zero-order valence-corrected chi connectivity index (χ0v) is 6.77. The third-order valence-corrected chi connectivity index (χ3v) is 1.28. The molecular weight excluding hydrogens is 187 g/mol. The van der Waals surface area contributed by atoms with Gasteiger partial charge in [0.2, 0.25) is 0 Å². The van der Waals surface area contributed by atoms with Crippen LogP contribution in [0, 0.1) is 0 Å². The van der Waals surface area contributed by atoms with E-state index in [2.05, 4.69) is 0 Å². The highest BCUT2D eigenvalue weighted by Gasteiger charge is 2.25. The lowest BCUT2D eigenvalue weighted by molar-refractivity contribution is -0.135. The lowest BCUT2D eigenvalue weighted by Crippen LogP contribution is -2.10. The van der Waals surface area contributed by atoms with Gasteiger partial charge in [0.1, 0.15) is 5.70 Å². The van der Waals surface area contributed by atoms with Gasteiger partial charge < -0.3 is 10.8 Å². The van der Waals surface area contributed by atoms with Gasteiger partial charge in [-0.25, -0.2) is 4.79 Å². The molecule has 0 aromatic heterocycles. The Morgan fingerprint density at radius 2 is 2.00 bits per heavy atom. The van der Waals surface area contributed by atoms with Crippen molar-refractivity contribution in [2.75, 3.05) is 0 Å². The topological polar surface area (TPSA) is 63.3 Å². The second-order valence-corrected chi connectivity index (χ2v) is 2.47. The summed E-state index contributed by atoms with van der Waals surface area (Å²) in [6, 6.07) is 0. The molecule has 0 bridgehead atoms. The molecule has 3 N–H and O–H groups in total. The van der Waals surface area contributed by atoms with Crippen LogP contribution in [0.4, 0.5) is 13.2 Å². The first-order chi connectivity index (χ1) is 5.83. The molecule has 0 amide bonds. The highest BCUT2D eigenvalue weighted by molar-refractivity contribution is 5.85. The first-order valence-corrected chi connectivity index (χ1v) is 3.58. The van der Waals surface area contributed by atoms with E-state index in [-0.39, 0.29) is 12.8 Å². The summed E-state index contributed by atoms with van der Waals surface area (Å²) < 4.78 is 34.7. The molecule has 0 saturated heterocycles. The second kappa shape index (κ2) is 4.74. The van der Waals surface area contributed by atoms with E-state index in [1.54, 1.807) is 0 Å². The Bertz CT molecular complexity index is 210. The van der Waals surface area contributed by atoms with Crippen LogP contribution in [-0.2, 0) is 4.79 Å². The van der Waals surface area contributed by atoms with Crippen LogP contribution in [0.2, 0.25) is 0 Å². The molecule has 13 heavy (non-hydrogen) atoms. The Balaban J connectivity index is 3.68. The number of unbranched alkanes of at least 4 members (excludes halogenated alkanes) is 1. The molecule has 0 unspecified atom stereocenters. The van der Waals surface area contributed by atoms with Gasteiger partial charge in [-0.3, -0.25) is 0 Å².